The summed E-state index contributed by atoms with van der Waals surface area (Å²) in [6.45, 7) is -1.73. The molecule has 5 rings (SSSR count). The number of anilines is 2. The molecule has 2 aliphatic rings. The van der Waals surface area contributed by atoms with Gasteiger partial charge in [-0.25, -0.2) is 0 Å². The Morgan fingerprint density at radius 1 is 1.29 bits per heavy atom. The van der Waals surface area contributed by atoms with Crippen molar-refractivity contribution in [2.24, 2.45) is 5.92 Å². The maximum absolute atomic E-state index is 12.9. The van der Waals surface area contributed by atoms with Crippen molar-refractivity contribution in [3.63, 3.8) is 0 Å². The molecule has 0 spiro atoms. The first-order chi connectivity index (χ1) is 16.1. The van der Waals surface area contributed by atoms with Gasteiger partial charge in [-0.05, 0) is 49.1 Å². The fourth-order valence-electron chi connectivity index (χ4n) is 4.77. The Balaban J connectivity index is 1.51. The minimum atomic E-state index is -4.58. The van der Waals surface area contributed by atoms with Crippen LogP contribution in [-0.2, 0) is 6.54 Å². The number of hydrogen-bond acceptors (Lipinski definition) is 7. The van der Waals surface area contributed by atoms with E-state index >= 15 is 0 Å². The Hall–Kier alpha value is -3.05. The Kier molecular flexibility index (Phi) is 5.36. The number of pyridine rings is 1. The molecule has 2 aromatic heterocycles. The van der Waals surface area contributed by atoms with Gasteiger partial charge < -0.3 is 10.3 Å². The Morgan fingerprint density at radius 2 is 2.09 bits per heavy atom. The number of halogens is 3. The third-order valence-corrected chi connectivity index (χ3v) is 8.24. The summed E-state index contributed by atoms with van der Waals surface area (Å²) in [5, 5.41) is 17.5. The summed E-state index contributed by atoms with van der Waals surface area (Å²) < 4.78 is 61.7. The third-order valence-electron chi connectivity index (χ3n) is 6.27. The van der Waals surface area contributed by atoms with Crippen molar-refractivity contribution in [1.29, 1.82) is 5.26 Å². The van der Waals surface area contributed by atoms with E-state index in [4.69, 9.17) is 0 Å². The number of hydrogen-bond donors (Lipinski definition) is 4. The molecule has 1 saturated carbocycles. The highest BCUT2D eigenvalue weighted by Crippen LogP contribution is 2.59. The van der Waals surface area contributed by atoms with Gasteiger partial charge in [-0.1, -0.05) is 0 Å². The molecule has 0 radical (unpaired) electrons. The third kappa shape index (κ3) is 3.82. The number of aromatic nitrogens is 3. The standard InChI is InChI=1S/C21H21F3N6O3S/c22-21(23,24)11-29-10-13-8-14(4-5-17(13)34(29,32)33)27-19-18-16(6-7-26-20(18)31)30(28-19)15-3-1-2-12(15)9-25/h4-8,12,15,32-33H,1-3,10-11H2,(H,26,31)(H,27,28). The van der Waals surface area contributed by atoms with Crippen molar-refractivity contribution in [3.8, 4) is 6.07 Å². The molecule has 1 aliphatic heterocycles. The van der Waals surface area contributed by atoms with E-state index in [2.05, 4.69) is 21.5 Å². The highest BCUT2D eigenvalue weighted by atomic mass is 32.3. The number of H-pyrrole nitrogens is 1. The van der Waals surface area contributed by atoms with E-state index in [-0.39, 0.29) is 34.8 Å². The Morgan fingerprint density at radius 3 is 2.82 bits per heavy atom. The molecule has 2 unspecified atom stereocenters. The number of aromatic amines is 1. The van der Waals surface area contributed by atoms with Gasteiger partial charge in [-0.15, -0.1) is 10.8 Å². The molecule has 3 heterocycles. The number of benzene rings is 1. The van der Waals surface area contributed by atoms with E-state index in [1.54, 1.807) is 10.7 Å². The summed E-state index contributed by atoms with van der Waals surface area (Å²) in [4.78, 5) is 15.3. The second-order valence-corrected chi connectivity index (χ2v) is 10.5. The fourth-order valence-corrected chi connectivity index (χ4v) is 6.42. The molecule has 13 heteroatoms. The fraction of sp³-hybridized carbons (Fsp3) is 0.381. The van der Waals surface area contributed by atoms with Crippen molar-refractivity contribution < 1.29 is 22.3 Å². The second-order valence-electron chi connectivity index (χ2n) is 8.47. The van der Waals surface area contributed by atoms with Gasteiger partial charge in [0.25, 0.3) is 5.56 Å². The minimum Gasteiger partial charge on any atom is -0.338 e. The van der Waals surface area contributed by atoms with Crippen LogP contribution in [0.25, 0.3) is 10.9 Å². The average Bonchev–Trinajstić information content (AvgIpc) is 3.43. The lowest BCUT2D eigenvalue weighted by atomic mass is 10.1. The van der Waals surface area contributed by atoms with Gasteiger partial charge in [0.15, 0.2) is 5.82 Å². The quantitative estimate of drug-likeness (QED) is 0.412. The Bertz CT molecular complexity index is 1360. The van der Waals surface area contributed by atoms with Gasteiger partial charge >= 0.3 is 6.18 Å². The second kappa shape index (κ2) is 8.02. The van der Waals surface area contributed by atoms with Crippen LogP contribution < -0.4 is 10.9 Å². The van der Waals surface area contributed by atoms with Crippen LogP contribution in [0, 0.1) is 17.2 Å². The van der Waals surface area contributed by atoms with Crippen LogP contribution in [0.1, 0.15) is 30.9 Å². The van der Waals surface area contributed by atoms with Crippen LogP contribution in [0.3, 0.4) is 0 Å². The van der Waals surface area contributed by atoms with E-state index in [1.807, 2.05) is 0 Å². The smallest absolute Gasteiger partial charge is 0.338 e. The molecule has 4 N–H and O–H groups in total. The highest BCUT2D eigenvalue weighted by Gasteiger charge is 2.42. The van der Waals surface area contributed by atoms with Crippen LogP contribution in [0.15, 0.2) is 40.2 Å². The monoisotopic (exact) mass is 494 g/mol. The van der Waals surface area contributed by atoms with Crippen molar-refractivity contribution in [2.75, 3.05) is 11.9 Å². The van der Waals surface area contributed by atoms with E-state index in [0.29, 0.717) is 26.5 Å². The van der Waals surface area contributed by atoms with E-state index in [0.717, 1.165) is 19.3 Å². The summed E-state index contributed by atoms with van der Waals surface area (Å²) >= 11 is 0. The first-order valence-corrected chi connectivity index (χ1v) is 12.1. The van der Waals surface area contributed by atoms with E-state index < -0.39 is 23.5 Å². The summed E-state index contributed by atoms with van der Waals surface area (Å²) in [7, 11) is -3.75. The summed E-state index contributed by atoms with van der Waals surface area (Å²) in [5.41, 5.74) is 0.975. The molecule has 9 nitrogen and oxygen atoms in total. The molecular formula is C21H21F3N6O3S. The Labute approximate surface area is 193 Å². The van der Waals surface area contributed by atoms with Crippen LogP contribution >= 0.6 is 10.8 Å². The molecule has 2 atom stereocenters. The SMILES string of the molecule is N#CC1CCCC1n1nc(Nc2ccc3c(c2)CN(CC(F)(F)F)S3(O)O)c2c(=O)[nH]ccc21. The number of nitrogens with zero attached hydrogens (tertiary/aromatic N) is 4. The molecule has 34 heavy (non-hydrogen) atoms. The summed E-state index contributed by atoms with van der Waals surface area (Å²) in [6, 6.07) is 8.25. The lowest BCUT2D eigenvalue weighted by Crippen LogP contribution is -2.32. The van der Waals surface area contributed by atoms with Crippen molar-refractivity contribution in [1.82, 2.24) is 19.1 Å². The van der Waals surface area contributed by atoms with Gasteiger partial charge in [0.2, 0.25) is 0 Å². The maximum atomic E-state index is 12.9. The molecule has 1 fully saturated rings. The first-order valence-electron chi connectivity index (χ1n) is 10.6. The zero-order valence-electron chi connectivity index (χ0n) is 17.7. The maximum Gasteiger partial charge on any atom is 0.403 e. The van der Waals surface area contributed by atoms with Crippen LogP contribution in [0.2, 0.25) is 0 Å². The van der Waals surface area contributed by atoms with Crippen LogP contribution in [0.4, 0.5) is 24.7 Å². The number of nitriles is 1. The molecule has 0 amide bonds. The van der Waals surface area contributed by atoms with Crippen molar-refractivity contribution in [2.45, 2.75) is 42.9 Å². The topological polar surface area (TPSA) is 130 Å². The molecule has 0 bridgehead atoms. The molecule has 1 aliphatic carbocycles. The zero-order chi connectivity index (χ0) is 24.3. The molecule has 1 aromatic carbocycles. The van der Waals surface area contributed by atoms with E-state index in [9.17, 15) is 32.3 Å². The molecule has 180 valence electrons. The van der Waals surface area contributed by atoms with Gasteiger partial charge in [0, 0.05) is 18.4 Å². The highest BCUT2D eigenvalue weighted by molar-refractivity contribution is 8.22. The lowest BCUT2D eigenvalue weighted by Gasteiger charge is -2.37. The van der Waals surface area contributed by atoms with Crippen LogP contribution in [0.5, 0.6) is 0 Å². The molecule has 0 saturated heterocycles. The predicted octanol–water partition coefficient (Wildman–Crippen LogP) is 4.74. The number of fused-ring (bicyclic) bond motifs is 2. The van der Waals surface area contributed by atoms with Gasteiger partial charge in [0.05, 0.1) is 28.4 Å². The lowest BCUT2D eigenvalue weighted by molar-refractivity contribution is -0.137. The number of nitrogens with one attached hydrogen (secondary N) is 2. The predicted molar refractivity (Wildman–Crippen MR) is 120 cm³/mol. The van der Waals surface area contributed by atoms with Gasteiger partial charge in [-0.3, -0.25) is 18.6 Å². The van der Waals surface area contributed by atoms with E-state index in [1.165, 1.54) is 24.4 Å². The number of rotatable bonds is 4. The zero-order valence-corrected chi connectivity index (χ0v) is 18.5. The largest absolute Gasteiger partial charge is 0.403 e. The summed E-state index contributed by atoms with van der Waals surface area (Å²) in [5.74, 6) is 0.0252. The molecule has 3 aromatic rings. The molecular weight excluding hydrogens is 473 g/mol. The average molecular weight is 494 g/mol. The number of alkyl halides is 3. The van der Waals surface area contributed by atoms with Gasteiger partial charge in [-0.2, -0.15) is 27.8 Å². The van der Waals surface area contributed by atoms with Gasteiger partial charge in [0.1, 0.15) is 11.9 Å². The summed E-state index contributed by atoms with van der Waals surface area (Å²) in [6.07, 6.45) is -0.686. The normalized spacial score (nSPS) is 23.1. The van der Waals surface area contributed by atoms with Crippen LogP contribution in [-0.4, -0.2) is 40.9 Å². The van der Waals surface area contributed by atoms with Crippen molar-refractivity contribution >= 4 is 33.2 Å². The minimum absolute atomic E-state index is 0.0401. The van der Waals surface area contributed by atoms with Crippen molar-refractivity contribution in [3.05, 3.63) is 46.4 Å². The first kappa shape index (κ1) is 22.7.